The Morgan fingerprint density at radius 3 is 1.63 bits per heavy atom. The standard InChI is InChI=1S/C13H20O6/c1-3-18-12(16)7-5-10(14)9-11(15)6-8-13(17)19-4-2/h5-8,10-11,14-15H,3-4,9H2,1-2H3/b7-5+,8-6+/t10-,11+. The van der Waals surface area contributed by atoms with Gasteiger partial charge in [0.15, 0.2) is 0 Å². The number of carbonyl (C=O) groups excluding carboxylic acids is 2. The van der Waals surface area contributed by atoms with Gasteiger partial charge in [-0.2, -0.15) is 0 Å². The summed E-state index contributed by atoms with van der Waals surface area (Å²) in [6, 6.07) is 0. The molecule has 6 nitrogen and oxygen atoms in total. The monoisotopic (exact) mass is 272 g/mol. The lowest BCUT2D eigenvalue weighted by atomic mass is 10.1. The second-order valence-corrected chi connectivity index (χ2v) is 3.59. The third-order valence-electron chi connectivity index (χ3n) is 1.97. The number of ether oxygens (including phenoxy) is 2. The number of hydrogen-bond donors (Lipinski definition) is 2. The minimum absolute atomic E-state index is 0.0359. The van der Waals surface area contributed by atoms with Crippen molar-refractivity contribution in [2.75, 3.05) is 13.2 Å². The van der Waals surface area contributed by atoms with E-state index in [4.69, 9.17) is 0 Å². The van der Waals surface area contributed by atoms with Crippen LogP contribution in [0.25, 0.3) is 0 Å². The molecule has 0 aliphatic heterocycles. The van der Waals surface area contributed by atoms with Crippen molar-refractivity contribution >= 4 is 11.9 Å². The van der Waals surface area contributed by atoms with E-state index in [1.165, 1.54) is 12.2 Å². The smallest absolute Gasteiger partial charge is 0.330 e. The Balaban J connectivity index is 4.08. The summed E-state index contributed by atoms with van der Waals surface area (Å²) in [6.45, 7) is 3.85. The lowest BCUT2D eigenvalue weighted by molar-refractivity contribution is -0.138. The molecule has 0 rings (SSSR count). The van der Waals surface area contributed by atoms with Crippen molar-refractivity contribution in [2.45, 2.75) is 32.5 Å². The second kappa shape index (κ2) is 10.3. The summed E-state index contributed by atoms with van der Waals surface area (Å²) in [4.78, 5) is 21.9. The highest BCUT2D eigenvalue weighted by Crippen LogP contribution is 2.02. The Labute approximate surface area is 112 Å². The summed E-state index contributed by atoms with van der Waals surface area (Å²) in [5.74, 6) is -1.11. The molecule has 2 atom stereocenters. The SMILES string of the molecule is CCOC(=O)/C=C/[C@@H](O)C[C@@H](O)/C=C/C(=O)OCC. The van der Waals surface area contributed by atoms with E-state index in [2.05, 4.69) is 9.47 Å². The Hall–Kier alpha value is -1.66. The Bertz CT molecular complexity index is 302. The van der Waals surface area contributed by atoms with Gasteiger partial charge >= 0.3 is 11.9 Å². The molecule has 0 saturated heterocycles. The summed E-state index contributed by atoms with van der Waals surface area (Å²) >= 11 is 0. The molecule has 6 heteroatoms. The van der Waals surface area contributed by atoms with Gasteiger partial charge in [0.2, 0.25) is 0 Å². The Kier molecular flexibility index (Phi) is 9.38. The van der Waals surface area contributed by atoms with Crippen molar-refractivity contribution in [1.82, 2.24) is 0 Å². The normalized spacial score (nSPS) is 14.5. The molecule has 0 aromatic heterocycles. The molecule has 0 fully saturated rings. The van der Waals surface area contributed by atoms with Gasteiger partial charge in [0, 0.05) is 18.6 Å². The van der Waals surface area contributed by atoms with Crippen LogP contribution in [0.5, 0.6) is 0 Å². The number of hydrogen-bond acceptors (Lipinski definition) is 6. The predicted molar refractivity (Wildman–Crippen MR) is 68.2 cm³/mol. The van der Waals surface area contributed by atoms with Crippen LogP contribution >= 0.6 is 0 Å². The van der Waals surface area contributed by atoms with Crippen molar-refractivity contribution in [2.24, 2.45) is 0 Å². The number of rotatable bonds is 8. The molecule has 0 aliphatic carbocycles. The lowest BCUT2D eigenvalue weighted by Crippen LogP contribution is -2.15. The highest BCUT2D eigenvalue weighted by atomic mass is 16.5. The second-order valence-electron chi connectivity index (χ2n) is 3.59. The highest BCUT2D eigenvalue weighted by molar-refractivity contribution is 5.82. The molecule has 0 aromatic carbocycles. The van der Waals surface area contributed by atoms with E-state index >= 15 is 0 Å². The summed E-state index contributed by atoms with van der Waals surface area (Å²) in [5.41, 5.74) is 0. The number of aliphatic hydroxyl groups is 2. The fourth-order valence-electron chi connectivity index (χ4n) is 1.16. The number of carbonyl (C=O) groups is 2. The van der Waals surface area contributed by atoms with Gasteiger partial charge in [-0.1, -0.05) is 0 Å². The van der Waals surface area contributed by atoms with Crippen molar-refractivity contribution in [3.05, 3.63) is 24.3 Å². The molecule has 0 heterocycles. The van der Waals surface area contributed by atoms with Crippen molar-refractivity contribution in [1.29, 1.82) is 0 Å². The maximum atomic E-state index is 11.0. The third kappa shape index (κ3) is 9.99. The molecular weight excluding hydrogens is 252 g/mol. The zero-order chi connectivity index (χ0) is 14.7. The van der Waals surface area contributed by atoms with E-state index < -0.39 is 24.1 Å². The van der Waals surface area contributed by atoms with E-state index in [-0.39, 0.29) is 19.6 Å². The maximum absolute atomic E-state index is 11.0. The molecule has 0 saturated carbocycles. The van der Waals surface area contributed by atoms with Gasteiger partial charge in [0.1, 0.15) is 0 Å². The van der Waals surface area contributed by atoms with Gasteiger partial charge in [-0.3, -0.25) is 0 Å². The molecule has 0 aromatic rings. The van der Waals surface area contributed by atoms with Gasteiger partial charge in [0.25, 0.3) is 0 Å². The van der Waals surface area contributed by atoms with Gasteiger partial charge < -0.3 is 19.7 Å². The largest absolute Gasteiger partial charge is 0.463 e. The zero-order valence-corrected chi connectivity index (χ0v) is 11.1. The molecule has 0 aliphatic rings. The van der Waals surface area contributed by atoms with E-state index in [1.807, 2.05) is 0 Å². The summed E-state index contributed by atoms with van der Waals surface area (Å²) in [5, 5.41) is 19.0. The summed E-state index contributed by atoms with van der Waals surface area (Å²) < 4.78 is 9.26. The van der Waals surface area contributed by atoms with Crippen LogP contribution in [0, 0.1) is 0 Å². The minimum Gasteiger partial charge on any atom is -0.463 e. The van der Waals surface area contributed by atoms with Crippen molar-refractivity contribution < 1.29 is 29.3 Å². The van der Waals surface area contributed by atoms with Gasteiger partial charge in [-0.15, -0.1) is 0 Å². The first-order valence-corrected chi connectivity index (χ1v) is 6.05. The van der Waals surface area contributed by atoms with Crippen LogP contribution in [0.15, 0.2) is 24.3 Å². The fraction of sp³-hybridized carbons (Fsp3) is 0.538. The highest BCUT2D eigenvalue weighted by Gasteiger charge is 2.08. The van der Waals surface area contributed by atoms with Gasteiger partial charge in [0.05, 0.1) is 25.4 Å². The average molecular weight is 272 g/mol. The first-order chi connectivity index (χ1) is 8.99. The van der Waals surface area contributed by atoms with Gasteiger partial charge in [-0.05, 0) is 26.0 Å². The summed E-state index contributed by atoms with van der Waals surface area (Å²) in [6.07, 6.45) is 2.58. The molecule has 0 bridgehead atoms. The molecule has 19 heavy (non-hydrogen) atoms. The van der Waals surface area contributed by atoms with Crippen LogP contribution in [0.1, 0.15) is 20.3 Å². The number of esters is 2. The number of aliphatic hydroxyl groups excluding tert-OH is 2. The Morgan fingerprint density at radius 1 is 0.947 bits per heavy atom. The van der Waals surface area contributed by atoms with Crippen LogP contribution in [-0.2, 0) is 19.1 Å². The molecular formula is C13H20O6. The molecule has 0 amide bonds. The molecule has 0 unspecified atom stereocenters. The first kappa shape index (κ1) is 17.3. The Morgan fingerprint density at radius 2 is 1.32 bits per heavy atom. The first-order valence-electron chi connectivity index (χ1n) is 6.05. The van der Waals surface area contributed by atoms with E-state index in [0.717, 1.165) is 12.2 Å². The molecule has 0 radical (unpaired) electrons. The molecule has 108 valence electrons. The van der Waals surface area contributed by atoms with Crippen LogP contribution in [-0.4, -0.2) is 47.6 Å². The van der Waals surface area contributed by atoms with E-state index in [9.17, 15) is 19.8 Å². The van der Waals surface area contributed by atoms with E-state index in [1.54, 1.807) is 13.8 Å². The third-order valence-corrected chi connectivity index (χ3v) is 1.97. The molecule has 2 N–H and O–H groups in total. The lowest BCUT2D eigenvalue weighted by Gasteiger charge is -2.08. The van der Waals surface area contributed by atoms with Crippen molar-refractivity contribution in [3.8, 4) is 0 Å². The van der Waals surface area contributed by atoms with E-state index in [0.29, 0.717) is 0 Å². The van der Waals surface area contributed by atoms with Crippen LogP contribution in [0.4, 0.5) is 0 Å². The minimum atomic E-state index is -1.01. The fourth-order valence-corrected chi connectivity index (χ4v) is 1.16. The predicted octanol–water partition coefficient (Wildman–Crippen LogP) is 0.337. The zero-order valence-electron chi connectivity index (χ0n) is 11.1. The van der Waals surface area contributed by atoms with Crippen molar-refractivity contribution in [3.63, 3.8) is 0 Å². The summed E-state index contributed by atoms with van der Waals surface area (Å²) in [7, 11) is 0. The molecule has 0 spiro atoms. The van der Waals surface area contributed by atoms with Crippen LogP contribution in [0.3, 0.4) is 0 Å². The maximum Gasteiger partial charge on any atom is 0.330 e. The van der Waals surface area contributed by atoms with Crippen LogP contribution < -0.4 is 0 Å². The quantitative estimate of drug-likeness (QED) is 0.489. The van der Waals surface area contributed by atoms with Gasteiger partial charge in [-0.25, -0.2) is 9.59 Å². The average Bonchev–Trinajstić information content (AvgIpc) is 2.35. The van der Waals surface area contributed by atoms with Crippen LogP contribution in [0.2, 0.25) is 0 Å². The topological polar surface area (TPSA) is 93.1 Å².